The molecule has 0 radical (unpaired) electrons. The van der Waals surface area contributed by atoms with Gasteiger partial charge in [-0.25, -0.2) is 0 Å². The SMILES string of the molecule is CN=C(NCc1ccc([N+](=O)[O-])cc1)N(C)CCOc1ccc(OC)cc1.I. The lowest BCUT2D eigenvalue weighted by molar-refractivity contribution is -0.384. The largest absolute Gasteiger partial charge is 0.497 e. The molecule has 0 saturated heterocycles. The molecule has 152 valence electrons. The Hall–Kier alpha value is -2.56. The van der Waals surface area contributed by atoms with E-state index in [9.17, 15) is 10.1 Å². The Balaban J connectivity index is 0.00000392. The second kappa shape index (κ2) is 12.0. The number of hydrogen-bond donors (Lipinski definition) is 1. The van der Waals surface area contributed by atoms with E-state index in [1.54, 1.807) is 26.3 Å². The number of hydrogen-bond acceptors (Lipinski definition) is 5. The Morgan fingerprint density at radius 3 is 2.29 bits per heavy atom. The molecule has 0 spiro atoms. The highest BCUT2D eigenvalue weighted by atomic mass is 127. The van der Waals surface area contributed by atoms with Gasteiger partial charge in [-0.15, -0.1) is 24.0 Å². The highest BCUT2D eigenvalue weighted by Crippen LogP contribution is 2.16. The molecule has 0 aliphatic heterocycles. The van der Waals surface area contributed by atoms with Gasteiger partial charge in [0, 0.05) is 32.8 Å². The zero-order valence-corrected chi connectivity index (χ0v) is 18.5. The van der Waals surface area contributed by atoms with Gasteiger partial charge in [-0.3, -0.25) is 15.1 Å². The molecular weight excluding hydrogens is 475 g/mol. The maximum Gasteiger partial charge on any atom is 0.269 e. The fraction of sp³-hybridized carbons (Fsp3) is 0.316. The average molecular weight is 500 g/mol. The van der Waals surface area contributed by atoms with Crippen molar-refractivity contribution in [1.82, 2.24) is 10.2 Å². The fourth-order valence-electron chi connectivity index (χ4n) is 2.38. The van der Waals surface area contributed by atoms with Gasteiger partial charge in [0.25, 0.3) is 5.69 Å². The number of guanidine groups is 1. The van der Waals surface area contributed by atoms with Gasteiger partial charge in [0.1, 0.15) is 18.1 Å². The van der Waals surface area contributed by atoms with Gasteiger partial charge >= 0.3 is 0 Å². The minimum atomic E-state index is -0.410. The first-order valence-electron chi connectivity index (χ1n) is 8.45. The quantitative estimate of drug-likeness (QED) is 0.197. The number of benzene rings is 2. The van der Waals surface area contributed by atoms with Crippen LogP contribution in [0, 0.1) is 10.1 Å². The highest BCUT2D eigenvalue weighted by Gasteiger charge is 2.08. The van der Waals surface area contributed by atoms with Gasteiger partial charge in [-0.1, -0.05) is 12.1 Å². The predicted octanol–water partition coefficient (Wildman–Crippen LogP) is 3.31. The second-order valence-electron chi connectivity index (χ2n) is 5.77. The van der Waals surface area contributed by atoms with Crippen molar-refractivity contribution in [3.05, 3.63) is 64.2 Å². The fourth-order valence-corrected chi connectivity index (χ4v) is 2.38. The molecule has 2 aromatic rings. The summed E-state index contributed by atoms with van der Waals surface area (Å²) < 4.78 is 10.8. The van der Waals surface area contributed by atoms with E-state index in [4.69, 9.17) is 9.47 Å². The van der Waals surface area contributed by atoms with Crippen LogP contribution in [0.5, 0.6) is 11.5 Å². The van der Waals surface area contributed by atoms with E-state index in [2.05, 4.69) is 10.3 Å². The summed E-state index contributed by atoms with van der Waals surface area (Å²) in [6.07, 6.45) is 0. The normalized spacial score (nSPS) is 10.6. The number of nitro benzene ring substituents is 1. The van der Waals surface area contributed by atoms with Crippen molar-refractivity contribution in [3.63, 3.8) is 0 Å². The molecule has 9 heteroatoms. The van der Waals surface area contributed by atoms with Crippen LogP contribution in [0.4, 0.5) is 5.69 Å². The van der Waals surface area contributed by atoms with Crippen molar-refractivity contribution in [2.24, 2.45) is 4.99 Å². The van der Waals surface area contributed by atoms with Gasteiger partial charge in [-0.2, -0.15) is 0 Å². The van der Waals surface area contributed by atoms with E-state index in [0.717, 1.165) is 17.1 Å². The van der Waals surface area contributed by atoms with Crippen LogP contribution in [0.15, 0.2) is 53.5 Å². The molecule has 0 aliphatic carbocycles. The first kappa shape index (κ1) is 23.5. The van der Waals surface area contributed by atoms with Crippen LogP contribution >= 0.6 is 24.0 Å². The van der Waals surface area contributed by atoms with E-state index < -0.39 is 4.92 Å². The van der Waals surface area contributed by atoms with Crippen LogP contribution in [0.1, 0.15) is 5.56 Å². The molecule has 0 saturated carbocycles. The van der Waals surface area contributed by atoms with Gasteiger partial charge < -0.3 is 19.7 Å². The lowest BCUT2D eigenvalue weighted by Gasteiger charge is -2.22. The number of likely N-dealkylation sites (N-methyl/N-ethyl adjacent to an activating group) is 1. The van der Waals surface area contributed by atoms with E-state index in [0.29, 0.717) is 25.7 Å². The Kier molecular flexibility index (Phi) is 10.1. The standard InChI is InChI=1S/C19H24N4O4.HI/c1-20-19(21-14-15-4-6-16(7-5-15)23(24)25)22(2)12-13-27-18-10-8-17(26-3)9-11-18;/h4-11H,12-14H2,1-3H3,(H,20,21);1H. The smallest absolute Gasteiger partial charge is 0.269 e. The van der Waals surface area contributed by atoms with Crippen LogP contribution in [0.2, 0.25) is 0 Å². The molecule has 0 atom stereocenters. The number of methoxy groups -OCH3 is 1. The van der Waals surface area contributed by atoms with Crippen molar-refractivity contribution < 1.29 is 14.4 Å². The molecule has 0 bridgehead atoms. The molecule has 28 heavy (non-hydrogen) atoms. The maximum atomic E-state index is 10.7. The Morgan fingerprint density at radius 1 is 1.14 bits per heavy atom. The summed E-state index contributed by atoms with van der Waals surface area (Å²) >= 11 is 0. The summed E-state index contributed by atoms with van der Waals surface area (Å²) in [5.74, 6) is 2.28. The van der Waals surface area contributed by atoms with Crippen molar-refractivity contribution in [2.45, 2.75) is 6.54 Å². The highest BCUT2D eigenvalue weighted by molar-refractivity contribution is 14.0. The molecule has 0 fully saturated rings. The van der Waals surface area contributed by atoms with Crippen LogP contribution in [0.3, 0.4) is 0 Å². The van der Waals surface area contributed by atoms with Crippen molar-refractivity contribution in [1.29, 1.82) is 0 Å². The van der Waals surface area contributed by atoms with E-state index in [1.807, 2.05) is 36.2 Å². The molecule has 0 amide bonds. The average Bonchev–Trinajstić information content (AvgIpc) is 2.69. The number of nitro groups is 1. The molecular formula is C19H25IN4O4. The molecule has 2 rings (SSSR count). The number of nitrogens with zero attached hydrogens (tertiary/aromatic N) is 3. The van der Waals surface area contributed by atoms with Crippen LogP contribution in [-0.4, -0.2) is 50.1 Å². The van der Waals surface area contributed by atoms with E-state index >= 15 is 0 Å². The number of halogens is 1. The molecule has 1 N–H and O–H groups in total. The Bertz CT molecular complexity index is 767. The third-order valence-corrected chi connectivity index (χ3v) is 3.93. The summed E-state index contributed by atoms with van der Waals surface area (Å²) in [7, 11) is 5.25. The topological polar surface area (TPSA) is 89.2 Å². The lowest BCUT2D eigenvalue weighted by atomic mass is 10.2. The number of non-ortho nitro benzene ring substituents is 1. The van der Waals surface area contributed by atoms with Crippen molar-refractivity contribution >= 4 is 35.6 Å². The molecule has 0 unspecified atom stereocenters. The lowest BCUT2D eigenvalue weighted by Crippen LogP contribution is -2.40. The number of ether oxygens (including phenoxy) is 2. The molecule has 0 heterocycles. The summed E-state index contributed by atoms with van der Waals surface area (Å²) in [5, 5.41) is 13.9. The summed E-state index contributed by atoms with van der Waals surface area (Å²) in [4.78, 5) is 16.5. The third kappa shape index (κ3) is 7.22. The van der Waals surface area contributed by atoms with Gasteiger partial charge in [0.15, 0.2) is 5.96 Å². The first-order valence-corrected chi connectivity index (χ1v) is 8.45. The second-order valence-corrected chi connectivity index (χ2v) is 5.77. The number of aliphatic imine (C=N–C) groups is 1. The predicted molar refractivity (Wildman–Crippen MR) is 120 cm³/mol. The molecule has 0 aromatic heterocycles. The minimum Gasteiger partial charge on any atom is -0.497 e. The van der Waals surface area contributed by atoms with Gasteiger partial charge in [0.05, 0.1) is 18.6 Å². The monoisotopic (exact) mass is 500 g/mol. The Morgan fingerprint density at radius 2 is 1.75 bits per heavy atom. The number of rotatable bonds is 8. The minimum absolute atomic E-state index is 0. The van der Waals surface area contributed by atoms with Crippen LogP contribution < -0.4 is 14.8 Å². The van der Waals surface area contributed by atoms with Crippen molar-refractivity contribution in [2.75, 3.05) is 34.4 Å². The molecule has 2 aromatic carbocycles. The van der Waals surface area contributed by atoms with Gasteiger partial charge in [-0.05, 0) is 29.8 Å². The maximum absolute atomic E-state index is 10.7. The van der Waals surface area contributed by atoms with Crippen LogP contribution in [0.25, 0.3) is 0 Å². The van der Waals surface area contributed by atoms with E-state index in [-0.39, 0.29) is 29.7 Å². The zero-order valence-electron chi connectivity index (χ0n) is 16.1. The van der Waals surface area contributed by atoms with Gasteiger partial charge in [0.2, 0.25) is 0 Å². The van der Waals surface area contributed by atoms with E-state index in [1.165, 1.54) is 12.1 Å². The summed E-state index contributed by atoms with van der Waals surface area (Å²) in [5.41, 5.74) is 1.01. The number of nitrogens with one attached hydrogen (secondary N) is 1. The Labute approximate surface area is 181 Å². The third-order valence-electron chi connectivity index (χ3n) is 3.93. The summed E-state index contributed by atoms with van der Waals surface area (Å²) in [6, 6.07) is 13.9. The summed E-state index contributed by atoms with van der Waals surface area (Å²) in [6.45, 7) is 1.67. The van der Waals surface area contributed by atoms with Crippen LogP contribution in [-0.2, 0) is 6.54 Å². The zero-order chi connectivity index (χ0) is 19.6. The molecule has 0 aliphatic rings. The first-order chi connectivity index (χ1) is 13.0. The van der Waals surface area contributed by atoms with Crippen molar-refractivity contribution in [3.8, 4) is 11.5 Å². The molecule has 8 nitrogen and oxygen atoms in total.